The number of fused-ring (bicyclic) bond motifs is 1. The number of halogens is 1. The van der Waals surface area contributed by atoms with Gasteiger partial charge in [-0.05, 0) is 50.2 Å². The van der Waals surface area contributed by atoms with Crippen LogP contribution < -0.4 is 4.90 Å². The fourth-order valence-electron chi connectivity index (χ4n) is 5.01. The minimum atomic E-state index is 0.138. The predicted octanol–water partition coefficient (Wildman–Crippen LogP) is 3.79. The lowest BCUT2D eigenvalue weighted by Crippen LogP contribution is -2.51. The average molecular weight is 452 g/mol. The molecule has 1 aromatic heterocycles. The second kappa shape index (κ2) is 9.12. The fourth-order valence-corrected chi connectivity index (χ4v) is 5.26. The summed E-state index contributed by atoms with van der Waals surface area (Å²) in [4.78, 5) is 24.7. The zero-order valence-electron chi connectivity index (χ0n) is 18.6. The lowest BCUT2D eigenvalue weighted by Gasteiger charge is -2.39. The van der Waals surface area contributed by atoms with E-state index in [1.54, 1.807) is 0 Å². The molecule has 0 saturated carbocycles. The first-order valence-electron chi connectivity index (χ1n) is 11.5. The first-order chi connectivity index (χ1) is 15.6. The van der Waals surface area contributed by atoms with Crippen LogP contribution in [-0.2, 0) is 18.4 Å². The highest BCUT2D eigenvalue weighted by Gasteiger charge is 2.31. The van der Waals surface area contributed by atoms with Crippen molar-refractivity contribution >= 4 is 34.2 Å². The Hall–Kier alpha value is -2.57. The topological polar surface area (TPSA) is 44.6 Å². The molecule has 1 amide bonds. The lowest BCUT2D eigenvalue weighted by atomic mass is 9.95. The Morgan fingerprint density at radius 1 is 0.969 bits per heavy atom. The van der Waals surface area contributed by atoms with E-state index < -0.39 is 0 Å². The highest BCUT2D eigenvalue weighted by atomic mass is 35.5. The first kappa shape index (κ1) is 21.3. The normalized spacial score (nSPS) is 18.4. The van der Waals surface area contributed by atoms with Crippen LogP contribution in [-0.4, -0.2) is 64.5 Å². The van der Waals surface area contributed by atoms with E-state index in [4.69, 9.17) is 16.6 Å². The highest BCUT2D eigenvalue weighted by Crippen LogP contribution is 2.27. The van der Waals surface area contributed by atoms with Crippen molar-refractivity contribution in [3.8, 4) is 0 Å². The molecule has 2 aliphatic heterocycles. The number of amides is 1. The fraction of sp³-hybridized carbons (Fsp3) is 0.440. The molecule has 2 aromatic carbocycles. The van der Waals surface area contributed by atoms with Crippen molar-refractivity contribution in [2.45, 2.75) is 19.4 Å². The third-order valence-electron chi connectivity index (χ3n) is 6.97. The number of para-hydroxylation sites is 3. The van der Waals surface area contributed by atoms with Crippen molar-refractivity contribution in [1.82, 2.24) is 19.4 Å². The molecule has 2 saturated heterocycles. The van der Waals surface area contributed by atoms with Crippen molar-refractivity contribution in [3.05, 3.63) is 59.4 Å². The molecule has 2 aliphatic rings. The van der Waals surface area contributed by atoms with Crippen LogP contribution in [0.3, 0.4) is 0 Å². The van der Waals surface area contributed by atoms with Crippen LogP contribution in [0.4, 0.5) is 5.69 Å². The van der Waals surface area contributed by atoms with Crippen LogP contribution >= 0.6 is 11.6 Å². The number of rotatable bonds is 4. The number of aryl methyl sites for hydroxylation is 1. The molecular weight excluding hydrogens is 422 g/mol. The van der Waals surface area contributed by atoms with Crippen molar-refractivity contribution in [2.75, 3.05) is 44.2 Å². The molecule has 0 aliphatic carbocycles. The molecular formula is C25H30ClN5O. The molecule has 5 rings (SSSR count). The molecule has 3 heterocycles. The first-order valence-corrected chi connectivity index (χ1v) is 11.9. The molecule has 6 nitrogen and oxygen atoms in total. The Morgan fingerprint density at radius 2 is 1.66 bits per heavy atom. The van der Waals surface area contributed by atoms with Gasteiger partial charge in [0, 0.05) is 39.1 Å². The van der Waals surface area contributed by atoms with E-state index >= 15 is 0 Å². The number of carbonyl (C=O) groups excluding carboxylic acids is 1. The summed E-state index contributed by atoms with van der Waals surface area (Å²) in [5.74, 6) is 1.55. The van der Waals surface area contributed by atoms with Crippen LogP contribution in [0.15, 0.2) is 48.5 Å². The van der Waals surface area contributed by atoms with Gasteiger partial charge in [-0.3, -0.25) is 9.69 Å². The van der Waals surface area contributed by atoms with Crippen molar-refractivity contribution in [1.29, 1.82) is 0 Å². The average Bonchev–Trinajstić information content (AvgIpc) is 3.15. The number of piperidine rings is 1. The summed E-state index contributed by atoms with van der Waals surface area (Å²) in [5, 5.41) is 0.778. The number of piperazine rings is 1. The van der Waals surface area contributed by atoms with Gasteiger partial charge in [0.15, 0.2) is 0 Å². The minimum absolute atomic E-state index is 0.138. The van der Waals surface area contributed by atoms with Gasteiger partial charge >= 0.3 is 0 Å². The standard InChI is InChI=1S/C25H30ClN5O/c1-28-23-9-5-3-7-21(23)27-24(28)18-29-12-10-19(11-13-29)25(32)31-16-14-30(15-17-31)22-8-4-2-6-20(22)26/h2-9,19H,10-18H2,1H3. The van der Waals surface area contributed by atoms with E-state index in [-0.39, 0.29) is 5.92 Å². The SMILES string of the molecule is Cn1c(CN2CCC(C(=O)N3CCN(c4ccccc4Cl)CC3)CC2)nc2ccccc21. The van der Waals surface area contributed by atoms with Gasteiger partial charge in [0.25, 0.3) is 0 Å². The molecule has 0 bridgehead atoms. The molecule has 0 atom stereocenters. The van der Waals surface area contributed by atoms with Crippen molar-refractivity contribution in [2.24, 2.45) is 13.0 Å². The Kier molecular flexibility index (Phi) is 6.07. The maximum atomic E-state index is 13.1. The summed E-state index contributed by atoms with van der Waals surface area (Å²) in [6.45, 7) is 5.93. The maximum Gasteiger partial charge on any atom is 0.225 e. The zero-order chi connectivity index (χ0) is 22.1. The Balaban J connectivity index is 1.13. The van der Waals surface area contributed by atoms with E-state index in [0.717, 1.165) is 80.7 Å². The Morgan fingerprint density at radius 3 is 2.38 bits per heavy atom. The molecule has 7 heteroatoms. The smallest absolute Gasteiger partial charge is 0.225 e. The van der Waals surface area contributed by atoms with Crippen molar-refractivity contribution < 1.29 is 4.79 Å². The minimum Gasteiger partial charge on any atom is -0.367 e. The molecule has 3 aromatic rings. The number of likely N-dealkylation sites (tertiary alicyclic amines) is 1. The number of benzene rings is 2. The summed E-state index contributed by atoms with van der Waals surface area (Å²) in [6, 6.07) is 16.2. The Bertz CT molecular complexity index is 1100. The largest absolute Gasteiger partial charge is 0.367 e. The molecule has 2 fully saturated rings. The number of anilines is 1. The monoisotopic (exact) mass is 451 g/mol. The molecule has 0 spiro atoms. The summed E-state index contributed by atoms with van der Waals surface area (Å²) < 4.78 is 2.19. The van der Waals surface area contributed by atoms with E-state index in [1.807, 2.05) is 24.3 Å². The van der Waals surface area contributed by atoms with E-state index in [9.17, 15) is 4.79 Å². The highest BCUT2D eigenvalue weighted by molar-refractivity contribution is 6.33. The van der Waals surface area contributed by atoms with Gasteiger partial charge in [-0.15, -0.1) is 0 Å². The number of hydrogen-bond donors (Lipinski definition) is 0. The number of nitrogens with zero attached hydrogens (tertiary/aromatic N) is 5. The molecule has 0 N–H and O–H groups in total. The van der Waals surface area contributed by atoms with Gasteiger partial charge in [-0.1, -0.05) is 35.9 Å². The molecule has 0 radical (unpaired) electrons. The van der Waals surface area contributed by atoms with E-state index in [0.29, 0.717) is 5.91 Å². The summed E-state index contributed by atoms with van der Waals surface area (Å²) in [6.07, 6.45) is 1.85. The second-order valence-corrected chi connectivity index (χ2v) is 9.30. The van der Waals surface area contributed by atoms with E-state index in [1.165, 1.54) is 5.52 Å². The van der Waals surface area contributed by atoms with Crippen molar-refractivity contribution in [3.63, 3.8) is 0 Å². The summed E-state index contributed by atoms with van der Waals surface area (Å²) in [5.41, 5.74) is 3.28. The van der Waals surface area contributed by atoms with Gasteiger partial charge in [-0.25, -0.2) is 4.98 Å². The van der Waals surface area contributed by atoms with E-state index in [2.05, 4.69) is 50.6 Å². The van der Waals surface area contributed by atoms with Gasteiger partial charge in [0.2, 0.25) is 5.91 Å². The number of carbonyl (C=O) groups is 1. The molecule has 32 heavy (non-hydrogen) atoms. The maximum absolute atomic E-state index is 13.1. The molecule has 168 valence electrons. The third-order valence-corrected chi connectivity index (χ3v) is 7.29. The van der Waals surface area contributed by atoms with Crippen LogP contribution in [0.5, 0.6) is 0 Å². The van der Waals surface area contributed by atoms with Crippen LogP contribution in [0.1, 0.15) is 18.7 Å². The number of aromatic nitrogens is 2. The van der Waals surface area contributed by atoms with Crippen LogP contribution in [0.2, 0.25) is 5.02 Å². The van der Waals surface area contributed by atoms with Gasteiger partial charge in [0.05, 0.1) is 28.3 Å². The Labute approximate surface area is 194 Å². The lowest BCUT2D eigenvalue weighted by molar-refractivity contribution is -0.137. The number of imidazole rings is 1. The quantitative estimate of drug-likeness (QED) is 0.605. The number of hydrogen-bond acceptors (Lipinski definition) is 4. The predicted molar refractivity (Wildman–Crippen MR) is 129 cm³/mol. The van der Waals surface area contributed by atoms with Gasteiger partial charge < -0.3 is 14.4 Å². The molecule has 0 unspecified atom stereocenters. The summed E-state index contributed by atoms with van der Waals surface area (Å²) >= 11 is 6.35. The van der Waals surface area contributed by atoms with Gasteiger partial charge in [-0.2, -0.15) is 0 Å². The second-order valence-electron chi connectivity index (χ2n) is 8.89. The van der Waals surface area contributed by atoms with Crippen LogP contribution in [0.25, 0.3) is 11.0 Å². The summed E-state index contributed by atoms with van der Waals surface area (Å²) in [7, 11) is 2.09. The third kappa shape index (κ3) is 4.21. The van der Waals surface area contributed by atoms with Gasteiger partial charge in [0.1, 0.15) is 5.82 Å². The van der Waals surface area contributed by atoms with Crippen LogP contribution in [0, 0.1) is 5.92 Å². The zero-order valence-corrected chi connectivity index (χ0v) is 19.3.